The normalized spacial score (nSPS) is 11.7. The van der Waals surface area contributed by atoms with Gasteiger partial charge < -0.3 is 21.1 Å². The highest BCUT2D eigenvalue weighted by atomic mass is 16.5. The van der Waals surface area contributed by atoms with Crippen molar-refractivity contribution in [2.45, 2.75) is 25.8 Å². The van der Waals surface area contributed by atoms with Gasteiger partial charge in [-0.3, -0.25) is 9.59 Å². The van der Waals surface area contributed by atoms with Gasteiger partial charge in [0.15, 0.2) is 0 Å². The van der Waals surface area contributed by atoms with Crippen LogP contribution in [0.25, 0.3) is 0 Å². The Labute approximate surface area is 125 Å². The predicted molar refractivity (Wildman–Crippen MR) is 81.9 cm³/mol. The number of nitrogens with two attached hydrogens (primary N) is 1. The second-order valence-corrected chi connectivity index (χ2v) is 4.81. The summed E-state index contributed by atoms with van der Waals surface area (Å²) in [6.07, 6.45) is 1.79. The molecule has 1 unspecified atom stereocenters. The van der Waals surface area contributed by atoms with E-state index in [1.165, 1.54) is 0 Å². The first-order valence-corrected chi connectivity index (χ1v) is 6.98. The summed E-state index contributed by atoms with van der Waals surface area (Å²) < 4.78 is 5.05. The number of nitrogen functional groups attached to an aromatic ring is 1. The minimum atomic E-state index is -0.302. The highest BCUT2D eigenvalue weighted by Crippen LogP contribution is 2.04. The monoisotopic (exact) mass is 293 g/mol. The van der Waals surface area contributed by atoms with Crippen molar-refractivity contribution >= 4 is 17.5 Å². The molecule has 1 aromatic rings. The van der Waals surface area contributed by atoms with Crippen molar-refractivity contribution in [2.75, 3.05) is 26.0 Å². The summed E-state index contributed by atoms with van der Waals surface area (Å²) in [6.45, 7) is 2.44. The maximum atomic E-state index is 11.8. The zero-order valence-corrected chi connectivity index (χ0v) is 12.5. The van der Waals surface area contributed by atoms with E-state index >= 15 is 0 Å². The number of ether oxygens (including phenoxy) is 1. The lowest BCUT2D eigenvalue weighted by molar-refractivity contribution is -0.121. The molecule has 0 aliphatic heterocycles. The summed E-state index contributed by atoms with van der Waals surface area (Å²) in [5, 5.41) is 5.41. The van der Waals surface area contributed by atoms with Crippen molar-refractivity contribution in [1.29, 1.82) is 0 Å². The highest BCUT2D eigenvalue weighted by molar-refractivity contribution is 5.96. The molecule has 21 heavy (non-hydrogen) atoms. The fourth-order valence-corrected chi connectivity index (χ4v) is 1.92. The lowest BCUT2D eigenvalue weighted by Gasteiger charge is -2.17. The first-order chi connectivity index (χ1) is 10.1. The smallest absolute Gasteiger partial charge is 0.251 e. The van der Waals surface area contributed by atoms with Crippen LogP contribution in [0.5, 0.6) is 0 Å². The van der Waals surface area contributed by atoms with Gasteiger partial charge in [-0.15, -0.1) is 0 Å². The molecule has 0 bridgehead atoms. The molecule has 4 N–H and O–H groups in total. The van der Waals surface area contributed by atoms with Crippen molar-refractivity contribution in [3.8, 4) is 0 Å². The van der Waals surface area contributed by atoms with Crippen molar-refractivity contribution < 1.29 is 14.3 Å². The molecule has 6 heteroatoms. The van der Waals surface area contributed by atoms with Crippen LogP contribution in [0, 0.1) is 0 Å². The molecule has 6 nitrogen and oxygen atoms in total. The zero-order chi connectivity index (χ0) is 15.7. The molecule has 1 atom stereocenters. The number of carbonyl (C=O) groups excluding carboxylic acids is 2. The lowest BCUT2D eigenvalue weighted by atomic mass is 10.2. The minimum absolute atomic E-state index is 0.0269. The lowest BCUT2D eigenvalue weighted by Crippen LogP contribution is -2.43. The minimum Gasteiger partial charge on any atom is -0.399 e. The van der Waals surface area contributed by atoms with Crippen molar-refractivity contribution in [2.24, 2.45) is 0 Å². The van der Waals surface area contributed by atoms with Gasteiger partial charge in [-0.1, -0.05) is 13.3 Å². The number of rotatable bonds is 8. The summed E-state index contributed by atoms with van der Waals surface area (Å²) >= 11 is 0. The molecule has 0 heterocycles. The van der Waals surface area contributed by atoms with Gasteiger partial charge in [0.05, 0.1) is 19.2 Å². The van der Waals surface area contributed by atoms with Crippen LogP contribution in [0.1, 0.15) is 30.1 Å². The van der Waals surface area contributed by atoms with Gasteiger partial charge in [-0.05, 0) is 30.7 Å². The number of carbonyl (C=O) groups is 2. The third-order valence-corrected chi connectivity index (χ3v) is 2.95. The number of nitrogens with one attached hydrogen (secondary N) is 2. The van der Waals surface area contributed by atoms with E-state index in [1.54, 1.807) is 31.4 Å². The molecular weight excluding hydrogens is 270 g/mol. The summed E-state index contributed by atoms with van der Waals surface area (Å²) in [5.41, 5.74) is 6.61. The largest absolute Gasteiger partial charge is 0.399 e. The standard InChI is InChI=1S/C15H23N3O3/c1-3-4-13(10-21-2)18-14(19)9-17-15(20)11-5-7-12(16)8-6-11/h5-8,13H,3-4,9-10,16H2,1-2H3,(H,17,20)(H,18,19). The number of hydrogen-bond acceptors (Lipinski definition) is 4. The molecule has 0 aromatic heterocycles. The Morgan fingerprint density at radius 3 is 2.52 bits per heavy atom. The van der Waals surface area contributed by atoms with Gasteiger partial charge in [0, 0.05) is 18.4 Å². The zero-order valence-electron chi connectivity index (χ0n) is 12.5. The van der Waals surface area contributed by atoms with Crippen LogP contribution in [0.4, 0.5) is 5.69 Å². The number of benzene rings is 1. The average molecular weight is 293 g/mol. The fraction of sp³-hybridized carbons (Fsp3) is 0.467. The Balaban J connectivity index is 2.41. The molecule has 2 amide bonds. The third kappa shape index (κ3) is 6.27. The van der Waals surface area contributed by atoms with E-state index in [1.807, 2.05) is 6.92 Å². The van der Waals surface area contributed by atoms with Gasteiger partial charge >= 0.3 is 0 Å². The topological polar surface area (TPSA) is 93.5 Å². The molecule has 1 rings (SSSR count). The highest BCUT2D eigenvalue weighted by Gasteiger charge is 2.12. The van der Waals surface area contributed by atoms with E-state index in [0.717, 1.165) is 12.8 Å². The molecule has 0 saturated heterocycles. The Morgan fingerprint density at radius 1 is 1.29 bits per heavy atom. The van der Waals surface area contributed by atoms with Gasteiger partial charge in [-0.25, -0.2) is 0 Å². The Bertz CT molecular complexity index is 454. The van der Waals surface area contributed by atoms with Crippen LogP contribution >= 0.6 is 0 Å². The third-order valence-electron chi connectivity index (χ3n) is 2.95. The maximum Gasteiger partial charge on any atom is 0.251 e. The second-order valence-electron chi connectivity index (χ2n) is 4.81. The Kier molecular flexibility index (Phi) is 7.25. The van der Waals surface area contributed by atoms with E-state index in [2.05, 4.69) is 10.6 Å². The first kappa shape index (κ1) is 17.0. The SMILES string of the molecule is CCCC(COC)NC(=O)CNC(=O)c1ccc(N)cc1. The molecular formula is C15H23N3O3. The fourth-order valence-electron chi connectivity index (χ4n) is 1.92. The molecule has 0 spiro atoms. The number of amides is 2. The molecule has 116 valence electrons. The van der Waals surface area contributed by atoms with Crippen LogP contribution in [-0.4, -0.2) is 38.1 Å². The Morgan fingerprint density at radius 2 is 1.95 bits per heavy atom. The van der Waals surface area contributed by atoms with Crippen molar-refractivity contribution in [1.82, 2.24) is 10.6 Å². The molecule has 0 radical (unpaired) electrons. The number of methoxy groups -OCH3 is 1. The molecule has 0 aliphatic rings. The van der Waals surface area contributed by atoms with E-state index in [0.29, 0.717) is 17.9 Å². The van der Waals surface area contributed by atoms with Crippen LogP contribution in [-0.2, 0) is 9.53 Å². The van der Waals surface area contributed by atoms with Gasteiger partial charge in [-0.2, -0.15) is 0 Å². The van der Waals surface area contributed by atoms with Gasteiger partial charge in [0.1, 0.15) is 0 Å². The molecule has 0 saturated carbocycles. The van der Waals surface area contributed by atoms with Crippen molar-refractivity contribution in [3.05, 3.63) is 29.8 Å². The number of anilines is 1. The van der Waals surface area contributed by atoms with Crippen LogP contribution < -0.4 is 16.4 Å². The summed E-state index contributed by atoms with van der Waals surface area (Å²) in [4.78, 5) is 23.6. The summed E-state index contributed by atoms with van der Waals surface area (Å²) in [6, 6.07) is 6.50. The van der Waals surface area contributed by atoms with E-state index in [-0.39, 0.29) is 24.4 Å². The van der Waals surface area contributed by atoms with Gasteiger partial charge in [0.25, 0.3) is 5.91 Å². The maximum absolute atomic E-state index is 11.8. The van der Waals surface area contributed by atoms with E-state index in [9.17, 15) is 9.59 Å². The van der Waals surface area contributed by atoms with Crippen molar-refractivity contribution in [3.63, 3.8) is 0 Å². The molecule has 0 aliphatic carbocycles. The molecule has 0 fully saturated rings. The van der Waals surface area contributed by atoms with Crippen LogP contribution in [0.15, 0.2) is 24.3 Å². The van der Waals surface area contributed by atoms with E-state index < -0.39 is 0 Å². The number of hydrogen-bond donors (Lipinski definition) is 3. The Hall–Kier alpha value is -2.08. The predicted octanol–water partition coefficient (Wildman–Crippen LogP) is 0.930. The van der Waals surface area contributed by atoms with Crippen LogP contribution in [0.3, 0.4) is 0 Å². The summed E-state index contributed by atoms with van der Waals surface area (Å²) in [5.74, 6) is -0.529. The van der Waals surface area contributed by atoms with E-state index in [4.69, 9.17) is 10.5 Å². The second kappa shape index (κ2) is 8.97. The quantitative estimate of drug-likeness (QED) is 0.622. The molecule has 1 aromatic carbocycles. The van der Waals surface area contributed by atoms with Gasteiger partial charge in [0.2, 0.25) is 5.91 Å². The average Bonchev–Trinajstić information content (AvgIpc) is 2.46. The van der Waals surface area contributed by atoms with Crippen LogP contribution in [0.2, 0.25) is 0 Å². The summed E-state index contributed by atoms with van der Waals surface area (Å²) in [7, 11) is 1.59. The first-order valence-electron chi connectivity index (χ1n) is 6.98.